The minimum absolute atomic E-state index is 0.0553. The van der Waals surface area contributed by atoms with Crippen LogP contribution in [0.15, 0.2) is 21.3 Å². The van der Waals surface area contributed by atoms with Gasteiger partial charge in [0, 0.05) is 44.3 Å². The Labute approximate surface area is 234 Å². The molecule has 0 radical (unpaired) electrons. The second kappa shape index (κ2) is 14.3. The van der Waals surface area contributed by atoms with Gasteiger partial charge in [-0.15, -0.1) is 16.9 Å². The number of rotatable bonds is 14. The van der Waals surface area contributed by atoms with Gasteiger partial charge in [0.2, 0.25) is 16.8 Å². The van der Waals surface area contributed by atoms with Crippen LogP contribution in [0.4, 0.5) is 0 Å². The van der Waals surface area contributed by atoms with Gasteiger partial charge in [-0.1, -0.05) is 50.2 Å². The number of amides is 1. The number of tetrazole rings is 1. The van der Waals surface area contributed by atoms with E-state index in [2.05, 4.69) is 45.0 Å². The van der Waals surface area contributed by atoms with E-state index < -0.39 is 28.6 Å². The van der Waals surface area contributed by atoms with E-state index in [9.17, 15) is 19.5 Å². The van der Waals surface area contributed by atoms with Gasteiger partial charge in [-0.3, -0.25) is 14.6 Å². The van der Waals surface area contributed by atoms with E-state index >= 15 is 0 Å². The summed E-state index contributed by atoms with van der Waals surface area (Å²) in [7, 11) is 3.06. The van der Waals surface area contributed by atoms with Gasteiger partial charge in [-0.2, -0.15) is 0 Å². The molecule has 1 amide bonds. The Bertz CT molecular complexity index is 1080. The van der Waals surface area contributed by atoms with Gasteiger partial charge in [-0.05, 0) is 28.8 Å². The quantitative estimate of drug-likeness (QED) is 0.0955. The van der Waals surface area contributed by atoms with Crippen LogP contribution in [0, 0.1) is 5.92 Å². The number of aromatic nitrogens is 4. The Kier molecular flexibility index (Phi) is 11.5. The van der Waals surface area contributed by atoms with Gasteiger partial charge in [0.05, 0.1) is 16.9 Å². The number of unbranched alkanes of at least 4 members (excludes halogenated alkanes) is 2. The van der Waals surface area contributed by atoms with Crippen LogP contribution in [0.2, 0.25) is 0 Å². The Hall–Kier alpha value is -2.10. The normalized spacial score (nSPS) is 23.2. The lowest BCUT2D eigenvalue weighted by molar-refractivity contribution is -0.171. The number of methoxy groups -OCH3 is 1. The number of aryl methyl sites for hydroxylation is 1. The molecule has 3 unspecified atom stereocenters. The Balaban J connectivity index is 1.67. The molecular formula is C23H35N7O5S3. The van der Waals surface area contributed by atoms with E-state index in [1.807, 2.05) is 0 Å². The van der Waals surface area contributed by atoms with E-state index in [1.54, 1.807) is 7.05 Å². The van der Waals surface area contributed by atoms with Crippen LogP contribution in [0.5, 0.6) is 0 Å². The number of thioether (sulfide) groups is 3. The lowest BCUT2D eigenvalue weighted by atomic mass is 9.68. The number of carboxylic acids is 1. The maximum atomic E-state index is 13.4. The number of fused-ring (bicyclic) bond motifs is 1. The maximum Gasteiger partial charge on any atom is 0.332 e. The zero-order chi connectivity index (χ0) is 27.7. The van der Waals surface area contributed by atoms with E-state index in [-0.39, 0.29) is 17.2 Å². The lowest BCUT2D eigenvalue weighted by Crippen LogP contribution is -2.76. The number of carboxylic acid groups (broad SMARTS) is 1. The minimum atomic E-state index is -1.56. The van der Waals surface area contributed by atoms with Crippen molar-refractivity contribution in [1.29, 1.82) is 0 Å². The molecule has 3 N–H and O–H groups in total. The molecule has 1 saturated carbocycles. The van der Waals surface area contributed by atoms with Crippen LogP contribution in [0.3, 0.4) is 0 Å². The second-order valence-corrected chi connectivity index (χ2v) is 11.9. The van der Waals surface area contributed by atoms with Gasteiger partial charge in [-0.25, -0.2) is 9.48 Å². The second-order valence-electron chi connectivity index (χ2n) is 8.87. The summed E-state index contributed by atoms with van der Waals surface area (Å²) >= 11 is 4.01. The molecule has 38 heavy (non-hydrogen) atoms. The van der Waals surface area contributed by atoms with Crippen LogP contribution >= 0.6 is 35.3 Å². The molecule has 1 aliphatic carbocycles. The van der Waals surface area contributed by atoms with Crippen molar-refractivity contribution in [3.8, 4) is 0 Å². The number of amidine groups is 1. The Morgan fingerprint density at radius 3 is 2.71 bits per heavy atom. The number of carbonyl (C=O) groups is 3. The molecular weight excluding hydrogens is 550 g/mol. The number of aliphatic imine (C=N–C) groups is 1. The average Bonchev–Trinajstić information content (AvgIpc) is 3.32. The zero-order valence-electron chi connectivity index (χ0n) is 22.1. The van der Waals surface area contributed by atoms with Crippen molar-refractivity contribution in [2.45, 2.75) is 55.7 Å². The predicted octanol–water partition coefficient (Wildman–Crippen LogP) is 1.74. The largest absolute Gasteiger partial charge is 0.478 e. The minimum Gasteiger partial charge on any atom is -0.478 e. The summed E-state index contributed by atoms with van der Waals surface area (Å²) in [5.74, 6) is -2.05. The van der Waals surface area contributed by atoms with Crippen LogP contribution in [-0.4, -0.2) is 96.6 Å². The van der Waals surface area contributed by atoms with Crippen molar-refractivity contribution < 1.29 is 24.2 Å². The zero-order valence-corrected chi connectivity index (χ0v) is 24.5. The summed E-state index contributed by atoms with van der Waals surface area (Å²) in [6.07, 6.45) is 4.03. The molecule has 1 aliphatic heterocycles. The van der Waals surface area contributed by atoms with E-state index in [0.717, 1.165) is 32.2 Å². The molecule has 3 atom stereocenters. The van der Waals surface area contributed by atoms with Crippen LogP contribution in [-0.2, 0) is 26.2 Å². The number of ether oxygens (including phenoxy) is 1. The number of nitrogens with one attached hydrogen (secondary N) is 2. The first kappa shape index (κ1) is 30.4. The number of nitrogens with zero attached hydrogens (tertiary/aromatic N) is 5. The Morgan fingerprint density at radius 2 is 2.08 bits per heavy atom. The molecule has 210 valence electrons. The molecule has 1 aromatic heterocycles. The van der Waals surface area contributed by atoms with Crippen molar-refractivity contribution in [2.75, 3.05) is 37.5 Å². The SMILES string of the molecule is CCCCN=C(NCCCC)SCC(=O)NC1(OC)C(=O)C2C(C(=O)O)=C(CSc3nnnn3C)CSC21. The highest BCUT2D eigenvalue weighted by atomic mass is 32.2. The third-order valence-electron chi connectivity index (χ3n) is 6.23. The summed E-state index contributed by atoms with van der Waals surface area (Å²) in [5, 5.41) is 28.0. The average molecular weight is 586 g/mol. The smallest absolute Gasteiger partial charge is 0.332 e. The van der Waals surface area contributed by atoms with Crippen molar-refractivity contribution in [3.05, 3.63) is 11.1 Å². The molecule has 12 nitrogen and oxygen atoms in total. The molecule has 0 bridgehead atoms. The van der Waals surface area contributed by atoms with Crippen molar-refractivity contribution in [2.24, 2.45) is 18.0 Å². The number of ketones is 1. The predicted molar refractivity (Wildman–Crippen MR) is 149 cm³/mol. The van der Waals surface area contributed by atoms with E-state index in [4.69, 9.17) is 4.74 Å². The number of carbonyl (C=O) groups excluding carboxylic acids is 2. The first-order valence-corrected chi connectivity index (χ1v) is 15.5. The van der Waals surface area contributed by atoms with Crippen LogP contribution in [0.25, 0.3) is 0 Å². The van der Waals surface area contributed by atoms with Gasteiger partial charge < -0.3 is 20.5 Å². The summed E-state index contributed by atoms with van der Waals surface area (Å²) in [4.78, 5) is 43.1. The topological polar surface area (TPSA) is 161 Å². The fourth-order valence-corrected chi connectivity index (χ4v) is 7.50. The van der Waals surface area contributed by atoms with E-state index in [0.29, 0.717) is 33.9 Å². The molecule has 3 rings (SSSR count). The van der Waals surface area contributed by atoms with Crippen molar-refractivity contribution in [3.63, 3.8) is 0 Å². The maximum absolute atomic E-state index is 13.4. The highest BCUT2D eigenvalue weighted by Crippen LogP contribution is 2.51. The summed E-state index contributed by atoms with van der Waals surface area (Å²) < 4.78 is 7.08. The molecule has 0 aromatic carbocycles. The fraction of sp³-hybridized carbons (Fsp3) is 0.696. The van der Waals surface area contributed by atoms with Gasteiger partial charge >= 0.3 is 5.97 Å². The number of Topliss-reactive ketones (excluding diaryl/α,β-unsaturated/α-hetero) is 1. The highest BCUT2D eigenvalue weighted by molar-refractivity contribution is 8.14. The van der Waals surface area contributed by atoms with Gasteiger partial charge in [0.1, 0.15) is 0 Å². The lowest BCUT2D eigenvalue weighted by Gasteiger charge is -2.53. The molecule has 1 fully saturated rings. The first-order valence-electron chi connectivity index (χ1n) is 12.5. The molecule has 0 spiro atoms. The van der Waals surface area contributed by atoms with Crippen LogP contribution in [0.1, 0.15) is 39.5 Å². The number of hydrogen-bond donors (Lipinski definition) is 3. The van der Waals surface area contributed by atoms with Crippen LogP contribution < -0.4 is 10.6 Å². The monoisotopic (exact) mass is 585 g/mol. The third-order valence-corrected chi connectivity index (χ3v) is 9.76. The standard InChI is InChI=1S/C23H35N7O5S3/c1-5-7-9-24-21(25-10-8-6-2)37-13-15(31)26-23(35-4)18(32)17-16(20(33)34)14(11-36-19(17)23)12-38-22-27-28-29-30(22)3/h17,19H,5-13H2,1-4H3,(H,24,25)(H,26,31)(H,33,34). The van der Waals surface area contributed by atoms with Crippen molar-refractivity contribution in [1.82, 2.24) is 30.8 Å². The van der Waals surface area contributed by atoms with E-state index in [1.165, 1.54) is 47.1 Å². The molecule has 2 heterocycles. The fourth-order valence-electron chi connectivity index (χ4n) is 4.17. The molecule has 1 aromatic rings. The third kappa shape index (κ3) is 6.90. The summed E-state index contributed by atoms with van der Waals surface area (Å²) in [6.45, 7) is 5.65. The molecule has 2 aliphatic rings. The van der Waals surface area contributed by atoms with Crippen molar-refractivity contribution >= 4 is 58.1 Å². The summed E-state index contributed by atoms with van der Waals surface area (Å²) in [5.41, 5.74) is -0.847. The number of aliphatic carboxylic acids is 1. The highest BCUT2D eigenvalue weighted by Gasteiger charge is 2.67. The number of hydrogen-bond acceptors (Lipinski definition) is 11. The van der Waals surface area contributed by atoms with Gasteiger partial charge in [0.15, 0.2) is 11.0 Å². The molecule has 0 saturated heterocycles. The summed E-state index contributed by atoms with van der Waals surface area (Å²) in [6, 6.07) is 0. The Morgan fingerprint density at radius 1 is 1.32 bits per heavy atom. The first-order chi connectivity index (χ1) is 18.3. The van der Waals surface area contributed by atoms with Gasteiger partial charge in [0.25, 0.3) is 0 Å². The molecule has 15 heteroatoms.